The van der Waals surface area contributed by atoms with Crippen molar-refractivity contribution in [1.82, 2.24) is 0 Å². The zero-order valence-electron chi connectivity index (χ0n) is 15.7. The van der Waals surface area contributed by atoms with Gasteiger partial charge in [-0.15, -0.1) is 0 Å². The molecule has 148 valence electrons. The van der Waals surface area contributed by atoms with E-state index < -0.39 is 16.9 Å². The van der Waals surface area contributed by atoms with Crippen LogP contribution in [0.25, 0.3) is 17.0 Å². The van der Waals surface area contributed by atoms with E-state index in [4.69, 9.17) is 13.9 Å². The summed E-state index contributed by atoms with van der Waals surface area (Å²) in [5.74, 6) is -0.559. The van der Waals surface area contributed by atoms with Crippen LogP contribution in [-0.2, 0) is 9.53 Å². The summed E-state index contributed by atoms with van der Waals surface area (Å²) in [6, 6.07) is 10.5. The summed E-state index contributed by atoms with van der Waals surface area (Å²) in [5, 5.41) is 11.3. The molecule has 0 aliphatic rings. The average molecular weight is 395 g/mol. The van der Waals surface area contributed by atoms with E-state index in [9.17, 15) is 19.7 Å². The van der Waals surface area contributed by atoms with Gasteiger partial charge in [0, 0.05) is 23.6 Å². The molecule has 2 aromatic carbocycles. The van der Waals surface area contributed by atoms with E-state index in [1.54, 1.807) is 32.0 Å². The molecule has 1 aromatic heterocycles. The Kier molecular flexibility index (Phi) is 5.73. The van der Waals surface area contributed by atoms with Gasteiger partial charge in [-0.1, -0.05) is 12.1 Å². The molecule has 0 saturated carbocycles. The summed E-state index contributed by atoms with van der Waals surface area (Å²) < 4.78 is 15.9. The van der Waals surface area contributed by atoms with E-state index in [2.05, 4.69) is 0 Å². The Morgan fingerprint density at radius 3 is 2.72 bits per heavy atom. The number of nitrogens with zero attached hydrogens (tertiary/aromatic N) is 1. The van der Waals surface area contributed by atoms with Crippen molar-refractivity contribution < 1.29 is 28.4 Å². The third kappa shape index (κ3) is 4.49. The average Bonchev–Trinajstić information content (AvgIpc) is 3.02. The number of carbonyl (C=O) groups excluding carboxylic acids is 2. The number of fused-ring (bicyclic) bond motifs is 1. The highest BCUT2D eigenvalue weighted by Crippen LogP contribution is 2.29. The number of benzene rings is 2. The molecule has 3 rings (SSSR count). The van der Waals surface area contributed by atoms with Crippen LogP contribution in [0.15, 0.2) is 53.0 Å². The molecule has 0 radical (unpaired) electrons. The highest BCUT2D eigenvalue weighted by molar-refractivity contribution is 6.05. The summed E-state index contributed by atoms with van der Waals surface area (Å²) in [4.78, 5) is 34.6. The number of aryl methyl sites for hydroxylation is 1. The number of hydrogen-bond acceptors (Lipinski definition) is 7. The van der Waals surface area contributed by atoms with Crippen molar-refractivity contribution in [3.05, 3.63) is 75.5 Å². The van der Waals surface area contributed by atoms with Crippen LogP contribution in [0.1, 0.15) is 28.6 Å². The van der Waals surface area contributed by atoms with Gasteiger partial charge < -0.3 is 13.9 Å². The van der Waals surface area contributed by atoms with Gasteiger partial charge in [-0.05, 0) is 43.7 Å². The lowest BCUT2D eigenvalue weighted by atomic mass is 10.1. The minimum Gasteiger partial charge on any atom is -0.462 e. The Morgan fingerprint density at radius 2 is 2.00 bits per heavy atom. The third-order valence-electron chi connectivity index (χ3n) is 4.03. The molecule has 0 aliphatic heterocycles. The quantitative estimate of drug-likeness (QED) is 0.199. The van der Waals surface area contributed by atoms with Crippen molar-refractivity contribution in [2.75, 3.05) is 6.61 Å². The lowest BCUT2D eigenvalue weighted by molar-refractivity contribution is -0.384. The molecule has 8 nitrogen and oxygen atoms in total. The van der Waals surface area contributed by atoms with Crippen LogP contribution in [0.5, 0.6) is 5.75 Å². The van der Waals surface area contributed by atoms with Crippen molar-refractivity contribution in [2.45, 2.75) is 13.8 Å². The Hall–Kier alpha value is -3.94. The molecule has 0 saturated heterocycles. The summed E-state index contributed by atoms with van der Waals surface area (Å²) >= 11 is 0. The number of nitro benzene ring substituents is 1. The molecule has 0 unspecified atom stereocenters. The minimum atomic E-state index is -0.672. The molecule has 0 fully saturated rings. The van der Waals surface area contributed by atoms with Crippen LogP contribution in [0.2, 0.25) is 0 Å². The van der Waals surface area contributed by atoms with Gasteiger partial charge in [0.2, 0.25) is 0 Å². The predicted octanol–water partition coefficient (Wildman–Crippen LogP) is 4.44. The summed E-state index contributed by atoms with van der Waals surface area (Å²) in [7, 11) is 0. The maximum Gasteiger partial charge on any atom is 0.342 e. The SMILES string of the molecule is CCOC(=O)c1c(C)oc2ccc(OC(=O)/C=C/c3cccc([N+](=O)[O-])c3)cc12. The number of nitro groups is 1. The van der Waals surface area contributed by atoms with Crippen molar-refractivity contribution in [2.24, 2.45) is 0 Å². The second-order valence-corrected chi connectivity index (χ2v) is 6.02. The van der Waals surface area contributed by atoms with Gasteiger partial charge >= 0.3 is 11.9 Å². The van der Waals surface area contributed by atoms with Gasteiger partial charge in [0.25, 0.3) is 5.69 Å². The molecular weight excluding hydrogens is 378 g/mol. The highest BCUT2D eigenvalue weighted by Gasteiger charge is 2.20. The van der Waals surface area contributed by atoms with Crippen molar-refractivity contribution in [1.29, 1.82) is 0 Å². The minimum absolute atomic E-state index is 0.0761. The van der Waals surface area contributed by atoms with Crippen LogP contribution < -0.4 is 4.74 Å². The zero-order chi connectivity index (χ0) is 21.0. The van der Waals surface area contributed by atoms with Crippen molar-refractivity contribution >= 4 is 34.7 Å². The van der Waals surface area contributed by atoms with E-state index in [0.29, 0.717) is 22.3 Å². The second kappa shape index (κ2) is 8.39. The van der Waals surface area contributed by atoms with Gasteiger partial charge in [0.05, 0.1) is 11.5 Å². The lowest BCUT2D eigenvalue weighted by Gasteiger charge is -2.03. The van der Waals surface area contributed by atoms with E-state index in [0.717, 1.165) is 6.08 Å². The van der Waals surface area contributed by atoms with Crippen LogP contribution in [0, 0.1) is 17.0 Å². The van der Waals surface area contributed by atoms with Crippen LogP contribution >= 0.6 is 0 Å². The summed E-state index contributed by atoms with van der Waals surface area (Å²) in [5.41, 5.74) is 1.17. The Morgan fingerprint density at radius 1 is 1.21 bits per heavy atom. The van der Waals surface area contributed by atoms with E-state index in [1.165, 1.54) is 30.3 Å². The first-order valence-electron chi connectivity index (χ1n) is 8.73. The first kappa shape index (κ1) is 19.8. The van der Waals surface area contributed by atoms with Gasteiger partial charge in [0.15, 0.2) is 0 Å². The molecule has 0 spiro atoms. The molecule has 0 amide bonds. The topological polar surface area (TPSA) is 109 Å². The Balaban J connectivity index is 1.80. The number of non-ortho nitro benzene ring substituents is 1. The first-order valence-corrected chi connectivity index (χ1v) is 8.73. The molecule has 29 heavy (non-hydrogen) atoms. The molecule has 0 aliphatic carbocycles. The molecule has 3 aromatic rings. The zero-order valence-corrected chi connectivity index (χ0v) is 15.7. The number of furan rings is 1. The number of carbonyl (C=O) groups is 2. The molecule has 0 atom stereocenters. The number of rotatable bonds is 6. The molecular formula is C21H17NO7. The molecule has 0 bridgehead atoms. The fraction of sp³-hybridized carbons (Fsp3) is 0.143. The van der Waals surface area contributed by atoms with Crippen LogP contribution in [0.3, 0.4) is 0 Å². The normalized spacial score (nSPS) is 11.0. The largest absolute Gasteiger partial charge is 0.462 e. The van der Waals surface area contributed by atoms with Gasteiger partial charge in [-0.3, -0.25) is 10.1 Å². The number of esters is 2. The molecule has 0 N–H and O–H groups in total. The lowest BCUT2D eigenvalue weighted by Crippen LogP contribution is -2.06. The van der Waals surface area contributed by atoms with E-state index >= 15 is 0 Å². The number of hydrogen-bond donors (Lipinski definition) is 0. The van der Waals surface area contributed by atoms with E-state index in [-0.39, 0.29) is 23.6 Å². The third-order valence-corrected chi connectivity index (χ3v) is 4.03. The van der Waals surface area contributed by atoms with Crippen molar-refractivity contribution in [3.63, 3.8) is 0 Å². The van der Waals surface area contributed by atoms with Gasteiger partial charge in [-0.25, -0.2) is 9.59 Å². The maximum atomic E-state index is 12.2. The molecule has 1 heterocycles. The summed E-state index contributed by atoms with van der Waals surface area (Å²) in [6.07, 6.45) is 2.58. The standard InChI is InChI=1S/C21H17NO7/c1-3-27-21(24)20-13(2)28-18-9-8-16(12-17(18)20)29-19(23)10-7-14-5-4-6-15(11-14)22(25)26/h4-12H,3H2,1-2H3/b10-7+. The fourth-order valence-corrected chi connectivity index (χ4v) is 2.78. The number of ether oxygens (including phenoxy) is 2. The maximum absolute atomic E-state index is 12.2. The Labute approximate surface area is 165 Å². The van der Waals surface area contributed by atoms with E-state index in [1.807, 2.05) is 0 Å². The Bertz CT molecular complexity index is 1130. The van der Waals surface area contributed by atoms with Gasteiger partial charge in [0.1, 0.15) is 22.7 Å². The monoisotopic (exact) mass is 395 g/mol. The summed E-state index contributed by atoms with van der Waals surface area (Å²) in [6.45, 7) is 3.58. The second-order valence-electron chi connectivity index (χ2n) is 6.02. The predicted molar refractivity (Wildman–Crippen MR) is 105 cm³/mol. The van der Waals surface area contributed by atoms with Crippen LogP contribution in [-0.4, -0.2) is 23.5 Å². The first-order chi connectivity index (χ1) is 13.9. The fourth-order valence-electron chi connectivity index (χ4n) is 2.78. The van der Waals surface area contributed by atoms with Crippen LogP contribution in [0.4, 0.5) is 5.69 Å². The van der Waals surface area contributed by atoms with Crippen molar-refractivity contribution in [3.8, 4) is 5.75 Å². The van der Waals surface area contributed by atoms with Gasteiger partial charge in [-0.2, -0.15) is 0 Å². The smallest absolute Gasteiger partial charge is 0.342 e. The highest BCUT2D eigenvalue weighted by atomic mass is 16.6. The molecule has 8 heteroatoms.